The zero-order chi connectivity index (χ0) is 11.4. The van der Waals surface area contributed by atoms with Crippen molar-refractivity contribution in [1.82, 2.24) is 5.32 Å². The molecule has 0 bridgehead atoms. The largest absolute Gasteiger partial charge is 0.467 e. The molecule has 0 heterocycles. The quantitative estimate of drug-likeness (QED) is 0.549. The molecule has 0 fully saturated rings. The number of ether oxygens (including phenoxy) is 1. The third kappa shape index (κ3) is 1.99. The first-order chi connectivity index (χ1) is 6.35. The standard InChI is InChI=1S/C8H10F3NO2/c1-4-5-7(12-2,6(13)14-3)8(9,10)11/h1,12H,5H2,2-3H3. The third-order valence-electron chi connectivity index (χ3n) is 1.81. The Hall–Kier alpha value is -1.22. The highest BCUT2D eigenvalue weighted by Crippen LogP contribution is 2.33. The Bertz CT molecular complexity index is 256. The lowest BCUT2D eigenvalue weighted by molar-refractivity contribution is -0.209. The summed E-state index contributed by atoms with van der Waals surface area (Å²) in [6.07, 6.45) is -0.815. The molecule has 0 amide bonds. The number of esters is 1. The number of carbonyl (C=O) groups excluding carboxylic acids is 1. The van der Waals surface area contributed by atoms with Crippen LogP contribution in [0.1, 0.15) is 6.42 Å². The van der Waals surface area contributed by atoms with Gasteiger partial charge in [-0.15, -0.1) is 12.3 Å². The summed E-state index contributed by atoms with van der Waals surface area (Å²) in [6.45, 7) is 0. The van der Waals surface area contributed by atoms with Gasteiger partial charge in [-0.1, -0.05) is 0 Å². The number of carbonyl (C=O) groups is 1. The van der Waals surface area contributed by atoms with E-state index in [4.69, 9.17) is 6.42 Å². The van der Waals surface area contributed by atoms with E-state index in [1.807, 2.05) is 5.32 Å². The minimum Gasteiger partial charge on any atom is -0.467 e. The smallest absolute Gasteiger partial charge is 0.418 e. The summed E-state index contributed by atoms with van der Waals surface area (Å²) in [6, 6.07) is 0. The van der Waals surface area contributed by atoms with Crippen molar-refractivity contribution in [3.05, 3.63) is 0 Å². The molecule has 0 saturated carbocycles. The molecule has 0 rings (SSSR count). The van der Waals surface area contributed by atoms with E-state index >= 15 is 0 Å². The van der Waals surface area contributed by atoms with E-state index in [9.17, 15) is 18.0 Å². The Kier molecular flexibility index (Phi) is 3.95. The van der Waals surface area contributed by atoms with Crippen molar-refractivity contribution < 1.29 is 22.7 Å². The van der Waals surface area contributed by atoms with E-state index in [1.165, 1.54) is 0 Å². The number of alkyl halides is 3. The topological polar surface area (TPSA) is 38.3 Å². The maximum atomic E-state index is 12.5. The van der Waals surface area contributed by atoms with E-state index in [1.54, 1.807) is 5.92 Å². The van der Waals surface area contributed by atoms with E-state index in [0.29, 0.717) is 0 Å². The van der Waals surface area contributed by atoms with Crippen molar-refractivity contribution >= 4 is 5.97 Å². The highest BCUT2D eigenvalue weighted by Gasteiger charge is 2.60. The molecule has 3 nitrogen and oxygen atoms in total. The summed E-state index contributed by atoms with van der Waals surface area (Å²) in [7, 11) is 1.87. The molecule has 0 aromatic carbocycles. The fourth-order valence-corrected chi connectivity index (χ4v) is 0.948. The lowest BCUT2D eigenvalue weighted by Crippen LogP contribution is -2.61. The molecule has 1 atom stereocenters. The molecule has 80 valence electrons. The Morgan fingerprint density at radius 2 is 2.07 bits per heavy atom. The monoisotopic (exact) mass is 209 g/mol. The van der Waals surface area contributed by atoms with Gasteiger partial charge in [-0.05, 0) is 7.05 Å². The van der Waals surface area contributed by atoms with Crippen LogP contribution in [0.3, 0.4) is 0 Å². The first kappa shape index (κ1) is 12.8. The zero-order valence-electron chi connectivity index (χ0n) is 7.73. The summed E-state index contributed by atoms with van der Waals surface area (Å²) >= 11 is 0. The van der Waals surface area contributed by atoms with Gasteiger partial charge in [0.15, 0.2) is 0 Å². The number of methoxy groups -OCH3 is 1. The van der Waals surface area contributed by atoms with Crippen LogP contribution in [0, 0.1) is 12.3 Å². The average Bonchev–Trinajstić information content (AvgIpc) is 2.11. The second kappa shape index (κ2) is 4.33. The SMILES string of the molecule is C#CCC(NC)(C(=O)OC)C(F)(F)F. The predicted octanol–water partition coefficient (Wildman–Crippen LogP) is 0.703. The van der Waals surface area contributed by atoms with Crippen LogP contribution in [0.25, 0.3) is 0 Å². The maximum absolute atomic E-state index is 12.5. The predicted molar refractivity (Wildman–Crippen MR) is 43.3 cm³/mol. The van der Waals surface area contributed by atoms with Gasteiger partial charge in [-0.25, -0.2) is 4.79 Å². The normalized spacial score (nSPS) is 15.4. The summed E-state index contributed by atoms with van der Waals surface area (Å²) in [5.74, 6) is 0.359. The van der Waals surface area contributed by atoms with Gasteiger partial charge >= 0.3 is 12.1 Å². The lowest BCUT2D eigenvalue weighted by atomic mass is 9.95. The molecule has 1 N–H and O–H groups in total. The minimum atomic E-state index is -4.79. The van der Waals surface area contributed by atoms with Crippen LogP contribution >= 0.6 is 0 Å². The average molecular weight is 209 g/mol. The molecular weight excluding hydrogens is 199 g/mol. The molecule has 0 aliphatic carbocycles. The minimum absolute atomic E-state index is 0.806. The Labute approximate surface area is 79.6 Å². The van der Waals surface area contributed by atoms with Gasteiger partial charge in [0.25, 0.3) is 0 Å². The fourth-order valence-electron chi connectivity index (χ4n) is 0.948. The Balaban J connectivity index is 5.21. The molecule has 1 unspecified atom stereocenters. The van der Waals surface area contributed by atoms with Gasteiger partial charge in [0, 0.05) is 6.42 Å². The number of hydrogen-bond acceptors (Lipinski definition) is 3. The summed E-state index contributed by atoms with van der Waals surface area (Å²) in [5.41, 5.74) is -2.81. The summed E-state index contributed by atoms with van der Waals surface area (Å²) in [5, 5.41) is 1.87. The van der Waals surface area contributed by atoms with Crippen LogP contribution < -0.4 is 5.32 Å². The molecular formula is C8H10F3NO2. The number of terminal acetylenes is 1. The lowest BCUT2D eigenvalue weighted by Gasteiger charge is -2.30. The molecule has 0 aliphatic heterocycles. The van der Waals surface area contributed by atoms with Crippen LogP contribution in [0.2, 0.25) is 0 Å². The number of halogens is 3. The molecule has 0 aromatic rings. The first-order valence-electron chi connectivity index (χ1n) is 3.63. The van der Waals surface area contributed by atoms with Gasteiger partial charge in [0.1, 0.15) is 0 Å². The van der Waals surface area contributed by atoms with E-state index in [0.717, 1.165) is 14.2 Å². The van der Waals surface area contributed by atoms with Crippen molar-refractivity contribution in [1.29, 1.82) is 0 Å². The first-order valence-corrected chi connectivity index (χ1v) is 3.63. The van der Waals surface area contributed by atoms with E-state index < -0.39 is 24.1 Å². The van der Waals surface area contributed by atoms with Gasteiger partial charge in [0.05, 0.1) is 7.11 Å². The maximum Gasteiger partial charge on any atom is 0.418 e. The molecule has 0 spiro atoms. The van der Waals surface area contributed by atoms with E-state index in [-0.39, 0.29) is 0 Å². The summed E-state index contributed by atoms with van der Waals surface area (Å²) in [4.78, 5) is 11.0. The molecule has 14 heavy (non-hydrogen) atoms. The number of likely N-dealkylation sites (N-methyl/N-ethyl adjacent to an activating group) is 1. The Morgan fingerprint density at radius 1 is 1.57 bits per heavy atom. The highest BCUT2D eigenvalue weighted by molar-refractivity contribution is 5.82. The molecule has 0 saturated heterocycles. The molecule has 6 heteroatoms. The van der Waals surface area contributed by atoms with Crippen molar-refractivity contribution in [3.8, 4) is 12.3 Å². The van der Waals surface area contributed by atoms with Gasteiger partial charge in [0.2, 0.25) is 5.54 Å². The Morgan fingerprint density at radius 3 is 2.29 bits per heavy atom. The van der Waals surface area contributed by atoms with Crippen molar-refractivity contribution in [3.63, 3.8) is 0 Å². The fraction of sp³-hybridized carbons (Fsp3) is 0.625. The van der Waals surface area contributed by atoms with Crippen LogP contribution in [0.5, 0.6) is 0 Å². The third-order valence-corrected chi connectivity index (χ3v) is 1.81. The molecule has 0 aliphatic rings. The van der Waals surface area contributed by atoms with Crippen LogP contribution in [0.4, 0.5) is 13.2 Å². The van der Waals surface area contributed by atoms with E-state index in [2.05, 4.69) is 4.74 Å². The second-order valence-electron chi connectivity index (χ2n) is 2.53. The van der Waals surface area contributed by atoms with Crippen LogP contribution in [-0.2, 0) is 9.53 Å². The van der Waals surface area contributed by atoms with Crippen LogP contribution in [0.15, 0.2) is 0 Å². The number of nitrogens with one attached hydrogen (secondary N) is 1. The van der Waals surface area contributed by atoms with Crippen molar-refractivity contribution in [2.24, 2.45) is 0 Å². The molecule has 0 aromatic heterocycles. The van der Waals surface area contributed by atoms with Gasteiger partial charge < -0.3 is 4.74 Å². The second-order valence-corrected chi connectivity index (χ2v) is 2.53. The van der Waals surface area contributed by atoms with Gasteiger partial charge in [-0.3, -0.25) is 5.32 Å². The number of hydrogen-bond donors (Lipinski definition) is 1. The highest BCUT2D eigenvalue weighted by atomic mass is 19.4. The zero-order valence-corrected chi connectivity index (χ0v) is 7.73. The van der Waals surface area contributed by atoms with Crippen LogP contribution in [-0.4, -0.2) is 31.8 Å². The number of rotatable bonds is 3. The summed E-state index contributed by atoms with van der Waals surface area (Å²) < 4.78 is 41.7. The van der Waals surface area contributed by atoms with Crippen molar-refractivity contribution in [2.75, 3.05) is 14.2 Å². The van der Waals surface area contributed by atoms with Gasteiger partial charge in [-0.2, -0.15) is 13.2 Å². The molecule has 0 radical (unpaired) electrons. The van der Waals surface area contributed by atoms with Crippen molar-refractivity contribution in [2.45, 2.75) is 18.1 Å².